The maximum atomic E-state index is 15.2. The van der Waals surface area contributed by atoms with Gasteiger partial charge in [-0.2, -0.15) is 0 Å². The number of fused-ring (bicyclic) bond motifs is 2. The summed E-state index contributed by atoms with van der Waals surface area (Å²) in [5, 5.41) is 11.6. The Balaban J connectivity index is 1.24. The number of nitrogens with zero attached hydrogens (tertiary/aromatic N) is 6. The summed E-state index contributed by atoms with van der Waals surface area (Å²) in [6.45, 7) is 6.29. The number of hydrogen-bond acceptors (Lipinski definition) is 6. The molecule has 54 heavy (non-hydrogen) atoms. The molecular formula is C43H43ClN6O4. The highest BCUT2D eigenvalue weighted by Gasteiger charge is 2.32. The number of pyridine rings is 1. The van der Waals surface area contributed by atoms with Crippen molar-refractivity contribution >= 4 is 45.8 Å². The number of phenolic OH excluding ortho intramolecular Hbond substituents is 1. The zero-order valence-corrected chi connectivity index (χ0v) is 31.5. The summed E-state index contributed by atoms with van der Waals surface area (Å²) in [5.74, 6) is -0.242. The lowest BCUT2D eigenvalue weighted by atomic mass is 9.93. The molecule has 0 bridgehead atoms. The van der Waals surface area contributed by atoms with E-state index in [2.05, 4.69) is 24.0 Å². The third kappa shape index (κ3) is 6.77. The molecule has 1 fully saturated rings. The third-order valence-electron chi connectivity index (χ3n) is 10.9. The monoisotopic (exact) mass is 742 g/mol. The summed E-state index contributed by atoms with van der Waals surface area (Å²) < 4.78 is 9.59. The molecule has 3 aromatic carbocycles. The van der Waals surface area contributed by atoms with Crippen molar-refractivity contribution < 1.29 is 19.4 Å². The first-order valence-electron chi connectivity index (χ1n) is 18.4. The molecule has 2 aliphatic rings. The highest BCUT2D eigenvalue weighted by molar-refractivity contribution is 6.31. The molecule has 1 saturated heterocycles. The second-order valence-electron chi connectivity index (χ2n) is 14.3. The lowest BCUT2D eigenvalue weighted by Gasteiger charge is -2.35. The van der Waals surface area contributed by atoms with E-state index in [0.29, 0.717) is 65.0 Å². The van der Waals surface area contributed by atoms with Crippen molar-refractivity contribution in [3.63, 3.8) is 0 Å². The summed E-state index contributed by atoms with van der Waals surface area (Å²) in [4.78, 5) is 40.4. The van der Waals surface area contributed by atoms with Crippen molar-refractivity contribution in [2.24, 2.45) is 14.1 Å². The number of halogens is 1. The second-order valence-corrected chi connectivity index (χ2v) is 14.7. The number of phenols is 1. The summed E-state index contributed by atoms with van der Waals surface area (Å²) in [5.41, 5.74) is 7.62. The van der Waals surface area contributed by atoms with Crippen LogP contribution < -0.4 is 4.90 Å². The van der Waals surface area contributed by atoms with E-state index in [1.54, 1.807) is 47.5 Å². The number of aryl methyl sites for hydroxylation is 1. The van der Waals surface area contributed by atoms with Gasteiger partial charge in [-0.15, -0.1) is 0 Å². The molecule has 2 amide bonds. The van der Waals surface area contributed by atoms with Gasteiger partial charge in [-0.3, -0.25) is 19.4 Å². The molecule has 276 valence electrons. The number of aromatic hydroxyl groups is 1. The number of aromatic nitrogens is 3. The molecule has 0 aliphatic carbocycles. The van der Waals surface area contributed by atoms with E-state index < -0.39 is 0 Å². The Bertz CT molecular complexity index is 2360. The van der Waals surface area contributed by atoms with E-state index >= 15 is 4.79 Å². The Morgan fingerprint density at radius 2 is 1.69 bits per heavy atom. The number of anilines is 2. The fourth-order valence-electron chi connectivity index (χ4n) is 7.87. The molecule has 3 aromatic heterocycles. The standard InChI is InChI=1S/C43H43ClN6O4/c1-28-22-29-6-4-5-7-31(29)27-49(28)42(52)36-13-8-32(44)24-37(36)40-25-38(39(47(40)3)15-17-48-18-20-54-21-19-48)43(53)50(33-9-11-35(51)12-10-33)34-23-30-14-16-46(2)41(30)45-26-34/h4-14,16,23-26,28,51H,15,17-22,27H2,1-3H3/t28-/m1/s1. The maximum absolute atomic E-state index is 15.2. The van der Waals surface area contributed by atoms with Gasteiger partial charge in [0.15, 0.2) is 0 Å². The van der Waals surface area contributed by atoms with Crippen molar-refractivity contribution in [2.75, 3.05) is 37.7 Å². The minimum absolute atomic E-state index is 0.00000681. The molecule has 5 heterocycles. The molecular weight excluding hydrogens is 700 g/mol. The zero-order valence-electron chi connectivity index (χ0n) is 30.7. The largest absolute Gasteiger partial charge is 0.508 e. The van der Waals surface area contributed by atoms with Crippen LogP contribution in [-0.2, 0) is 38.2 Å². The van der Waals surface area contributed by atoms with Crippen molar-refractivity contribution in [2.45, 2.75) is 32.4 Å². The molecule has 2 aliphatic heterocycles. The van der Waals surface area contributed by atoms with Gasteiger partial charge in [-0.25, -0.2) is 4.98 Å². The minimum Gasteiger partial charge on any atom is -0.508 e. The average molecular weight is 743 g/mol. The molecule has 8 rings (SSSR count). The molecule has 0 unspecified atom stereocenters. The summed E-state index contributed by atoms with van der Waals surface area (Å²) >= 11 is 6.69. The maximum Gasteiger partial charge on any atom is 0.264 e. The van der Waals surface area contributed by atoms with Crippen LogP contribution in [-0.4, -0.2) is 79.7 Å². The number of rotatable bonds is 8. The van der Waals surface area contributed by atoms with Crippen LogP contribution in [0, 0.1) is 0 Å². The number of carbonyl (C=O) groups is 2. The van der Waals surface area contributed by atoms with Crippen LogP contribution in [0.1, 0.15) is 44.5 Å². The Morgan fingerprint density at radius 3 is 2.46 bits per heavy atom. The molecule has 0 radical (unpaired) electrons. The number of morpholine rings is 1. The van der Waals surface area contributed by atoms with Crippen molar-refractivity contribution in [3.05, 3.63) is 130 Å². The van der Waals surface area contributed by atoms with Crippen molar-refractivity contribution in [3.8, 4) is 17.0 Å². The molecule has 1 N–H and O–H groups in total. The van der Waals surface area contributed by atoms with Gasteiger partial charge in [0.2, 0.25) is 0 Å². The minimum atomic E-state index is -0.257. The Labute approximate surface area is 319 Å². The highest BCUT2D eigenvalue weighted by Crippen LogP contribution is 2.37. The van der Waals surface area contributed by atoms with Crippen LogP contribution in [0.2, 0.25) is 5.02 Å². The van der Waals surface area contributed by atoms with Crippen LogP contribution in [0.15, 0.2) is 97.3 Å². The van der Waals surface area contributed by atoms with Crippen molar-refractivity contribution in [1.82, 2.24) is 23.9 Å². The molecule has 10 nitrogen and oxygen atoms in total. The fraction of sp³-hybridized carbons (Fsp3) is 0.279. The lowest BCUT2D eigenvalue weighted by molar-refractivity contribution is 0.0382. The van der Waals surface area contributed by atoms with Gasteiger partial charge >= 0.3 is 0 Å². The first-order valence-corrected chi connectivity index (χ1v) is 18.7. The molecule has 1 atom stereocenters. The van der Waals surface area contributed by atoms with Crippen LogP contribution in [0.25, 0.3) is 22.3 Å². The summed E-state index contributed by atoms with van der Waals surface area (Å²) in [6.07, 6.45) is 5.00. The normalized spacial score (nSPS) is 16.1. The predicted octanol–water partition coefficient (Wildman–Crippen LogP) is 7.38. The van der Waals surface area contributed by atoms with E-state index in [4.69, 9.17) is 21.3 Å². The van der Waals surface area contributed by atoms with Gasteiger partial charge in [-0.05, 0) is 85.1 Å². The molecule has 11 heteroatoms. The van der Waals surface area contributed by atoms with Crippen molar-refractivity contribution in [1.29, 1.82) is 0 Å². The Hall–Kier alpha value is -5.42. The van der Waals surface area contributed by atoms with Gasteiger partial charge in [0, 0.05) is 97.5 Å². The molecule has 0 spiro atoms. The van der Waals surface area contributed by atoms with E-state index in [9.17, 15) is 9.90 Å². The first kappa shape index (κ1) is 35.6. The SMILES string of the molecule is C[C@@H]1Cc2ccccc2CN1C(=O)c1ccc(Cl)cc1-c1cc(C(=O)N(c2ccc(O)cc2)c2cnc3c(ccn3C)c2)c(CCN2CCOCC2)n1C. The number of benzene rings is 3. The summed E-state index contributed by atoms with van der Waals surface area (Å²) in [6, 6.07) is 26.1. The number of amides is 2. The Morgan fingerprint density at radius 1 is 0.926 bits per heavy atom. The highest BCUT2D eigenvalue weighted by atomic mass is 35.5. The van der Waals surface area contributed by atoms with E-state index in [1.165, 1.54) is 5.56 Å². The number of hydrogen-bond donors (Lipinski definition) is 1. The third-order valence-corrected chi connectivity index (χ3v) is 11.1. The van der Waals surface area contributed by atoms with Gasteiger partial charge in [0.1, 0.15) is 11.4 Å². The predicted molar refractivity (Wildman–Crippen MR) is 212 cm³/mol. The van der Waals surface area contributed by atoms with E-state index in [-0.39, 0.29) is 23.6 Å². The average Bonchev–Trinajstić information content (AvgIpc) is 3.72. The Kier molecular flexibility index (Phi) is 9.74. The molecule has 6 aromatic rings. The summed E-state index contributed by atoms with van der Waals surface area (Å²) in [7, 11) is 3.89. The van der Waals surface area contributed by atoms with Crippen LogP contribution in [0.3, 0.4) is 0 Å². The molecule has 0 saturated carbocycles. The first-order chi connectivity index (χ1) is 26.2. The smallest absolute Gasteiger partial charge is 0.264 e. The zero-order chi connectivity index (χ0) is 37.5. The quantitative estimate of drug-likeness (QED) is 0.175. The van der Waals surface area contributed by atoms with Gasteiger partial charge in [0.25, 0.3) is 11.8 Å². The number of carbonyl (C=O) groups excluding carboxylic acids is 2. The van der Waals surface area contributed by atoms with Crippen LogP contribution in [0.4, 0.5) is 11.4 Å². The number of ether oxygens (including phenoxy) is 1. The van der Waals surface area contributed by atoms with Crippen LogP contribution in [0.5, 0.6) is 5.75 Å². The topological polar surface area (TPSA) is 96.1 Å². The second kappa shape index (κ2) is 14.8. The van der Waals surface area contributed by atoms with Crippen LogP contribution >= 0.6 is 11.6 Å². The van der Waals surface area contributed by atoms with E-state index in [0.717, 1.165) is 48.3 Å². The van der Waals surface area contributed by atoms with Gasteiger partial charge in [0.05, 0.1) is 30.7 Å². The fourth-order valence-corrected chi connectivity index (χ4v) is 8.04. The van der Waals surface area contributed by atoms with Gasteiger partial charge < -0.3 is 23.9 Å². The lowest BCUT2D eigenvalue weighted by Crippen LogP contribution is -2.42. The van der Waals surface area contributed by atoms with E-state index in [1.807, 2.05) is 70.7 Å². The van der Waals surface area contributed by atoms with Gasteiger partial charge in [-0.1, -0.05) is 35.9 Å².